The predicted molar refractivity (Wildman–Crippen MR) is 48.1 cm³/mol. The Balaban J connectivity index is 2.60. The number of hydrogen-bond acceptors (Lipinski definition) is 2. The summed E-state index contributed by atoms with van der Waals surface area (Å²) >= 11 is 0. The predicted octanol–water partition coefficient (Wildman–Crippen LogP) is 2.17. The van der Waals surface area contributed by atoms with Gasteiger partial charge in [0.15, 0.2) is 5.78 Å². The van der Waals surface area contributed by atoms with Gasteiger partial charge < -0.3 is 4.74 Å². The van der Waals surface area contributed by atoms with Gasteiger partial charge in [-0.3, -0.25) is 4.79 Å². The molecule has 1 aliphatic rings. The van der Waals surface area contributed by atoms with Crippen LogP contribution in [-0.2, 0) is 9.53 Å². The molecule has 70 valence electrons. The van der Waals surface area contributed by atoms with Gasteiger partial charge in [0.25, 0.3) is 0 Å². The first-order chi connectivity index (χ1) is 5.66. The molecule has 0 bridgehead atoms. The Labute approximate surface area is 74.3 Å². The molecule has 0 aromatic heterocycles. The van der Waals surface area contributed by atoms with E-state index in [1.165, 1.54) is 0 Å². The molecule has 1 saturated carbocycles. The lowest BCUT2D eigenvalue weighted by Crippen LogP contribution is -2.49. The fraction of sp³-hybridized carbons (Fsp3) is 0.900. The van der Waals surface area contributed by atoms with Gasteiger partial charge in [-0.1, -0.05) is 13.8 Å². The topological polar surface area (TPSA) is 26.3 Å². The minimum Gasteiger partial charge on any atom is -0.370 e. The highest BCUT2D eigenvalue weighted by atomic mass is 16.5. The van der Waals surface area contributed by atoms with Gasteiger partial charge in [0.1, 0.15) is 5.60 Å². The third-order valence-corrected chi connectivity index (χ3v) is 3.06. The van der Waals surface area contributed by atoms with Gasteiger partial charge >= 0.3 is 0 Å². The molecule has 1 aliphatic carbocycles. The zero-order valence-electron chi connectivity index (χ0n) is 8.22. The van der Waals surface area contributed by atoms with Crippen LogP contribution >= 0.6 is 0 Å². The second-order valence-corrected chi connectivity index (χ2v) is 3.73. The Hall–Kier alpha value is -0.370. The van der Waals surface area contributed by atoms with Crippen molar-refractivity contribution in [2.45, 2.75) is 45.1 Å². The summed E-state index contributed by atoms with van der Waals surface area (Å²) in [6.45, 7) is 4.03. The summed E-state index contributed by atoms with van der Waals surface area (Å²) in [4.78, 5) is 11.8. The zero-order chi connectivity index (χ0) is 9.19. The number of carbonyl (C=O) groups excluding carboxylic acids is 1. The summed E-state index contributed by atoms with van der Waals surface area (Å²) in [6, 6.07) is 0. The Morgan fingerprint density at radius 2 is 2.17 bits per heavy atom. The maximum Gasteiger partial charge on any atom is 0.167 e. The molecule has 2 nitrogen and oxygen atoms in total. The van der Waals surface area contributed by atoms with Crippen LogP contribution in [0.3, 0.4) is 0 Å². The lowest BCUT2D eigenvalue weighted by molar-refractivity contribution is -0.155. The van der Waals surface area contributed by atoms with E-state index in [9.17, 15) is 4.79 Å². The smallest absolute Gasteiger partial charge is 0.167 e. The van der Waals surface area contributed by atoms with E-state index in [0.29, 0.717) is 5.78 Å². The van der Waals surface area contributed by atoms with Crippen LogP contribution in [0.4, 0.5) is 0 Å². The van der Waals surface area contributed by atoms with Gasteiger partial charge in [-0.25, -0.2) is 0 Å². The number of rotatable bonds is 4. The quantitative estimate of drug-likeness (QED) is 0.646. The molecule has 0 saturated heterocycles. The van der Waals surface area contributed by atoms with Crippen molar-refractivity contribution >= 4 is 5.78 Å². The molecule has 0 aromatic rings. The average Bonchev–Trinajstić information content (AvgIpc) is 2.02. The normalized spacial score (nSPS) is 22.9. The molecule has 1 rings (SSSR count). The molecule has 1 fully saturated rings. The second kappa shape index (κ2) is 3.56. The first kappa shape index (κ1) is 9.72. The van der Waals surface area contributed by atoms with Crippen LogP contribution in [0.2, 0.25) is 0 Å². The van der Waals surface area contributed by atoms with Crippen LogP contribution in [0.25, 0.3) is 0 Å². The van der Waals surface area contributed by atoms with Crippen molar-refractivity contribution < 1.29 is 9.53 Å². The molecule has 0 aliphatic heterocycles. The first-order valence-corrected chi connectivity index (χ1v) is 4.75. The van der Waals surface area contributed by atoms with E-state index >= 15 is 0 Å². The third-order valence-electron chi connectivity index (χ3n) is 3.06. The standard InChI is InChI=1S/C10H18O2/c1-4-8(2)9(11)10(12-3)6-5-7-10/h8H,4-7H2,1-3H3. The Bertz CT molecular complexity index is 165. The van der Waals surface area contributed by atoms with Crippen LogP contribution in [0.15, 0.2) is 0 Å². The summed E-state index contributed by atoms with van der Waals surface area (Å²) in [5.41, 5.74) is -0.393. The van der Waals surface area contributed by atoms with E-state index in [-0.39, 0.29) is 5.92 Å². The highest BCUT2D eigenvalue weighted by molar-refractivity contribution is 5.90. The SMILES string of the molecule is CCC(C)C(=O)C1(OC)CCC1. The molecule has 0 N–H and O–H groups in total. The minimum atomic E-state index is -0.393. The minimum absolute atomic E-state index is 0.158. The summed E-state index contributed by atoms with van der Waals surface area (Å²) in [6.07, 6.45) is 3.90. The molecular weight excluding hydrogens is 152 g/mol. The molecule has 0 amide bonds. The summed E-state index contributed by atoms with van der Waals surface area (Å²) in [5, 5.41) is 0. The summed E-state index contributed by atoms with van der Waals surface area (Å²) in [7, 11) is 1.65. The van der Waals surface area contributed by atoms with Gasteiger partial charge in [0.05, 0.1) is 0 Å². The van der Waals surface area contributed by atoms with Crippen LogP contribution < -0.4 is 0 Å². The fourth-order valence-electron chi connectivity index (χ4n) is 1.68. The van der Waals surface area contributed by atoms with Gasteiger partial charge in [-0.2, -0.15) is 0 Å². The highest BCUT2D eigenvalue weighted by Gasteiger charge is 2.45. The van der Waals surface area contributed by atoms with Crippen molar-refractivity contribution in [3.63, 3.8) is 0 Å². The lowest BCUT2D eigenvalue weighted by Gasteiger charge is -2.40. The van der Waals surface area contributed by atoms with E-state index in [1.54, 1.807) is 7.11 Å². The number of ether oxygens (including phenoxy) is 1. The number of carbonyl (C=O) groups is 1. The molecule has 1 unspecified atom stereocenters. The van der Waals surface area contributed by atoms with Gasteiger partial charge in [-0.05, 0) is 25.7 Å². The monoisotopic (exact) mass is 170 g/mol. The van der Waals surface area contributed by atoms with E-state index < -0.39 is 5.60 Å². The second-order valence-electron chi connectivity index (χ2n) is 3.73. The highest BCUT2D eigenvalue weighted by Crippen LogP contribution is 2.38. The Morgan fingerprint density at radius 1 is 1.58 bits per heavy atom. The molecule has 0 aromatic carbocycles. The zero-order valence-corrected chi connectivity index (χ0v) is 8.22. The van der Waals surface area contributed by atoms with Crippen molar-refractivity contribution in [1.29, 1.82) is 0 Å². The number of Topliss-reactive ketones (excluding diaryl/α,β-unsaturated/α-hetero) is 1. The molecule has 0 heterocycles. The molecule has 12 heavy (non-hydrogen) atoms. The summed E-state index contributed by atoms with van der Waals surface area (Å²) < 4.78 is 5.31. The third kappa shape index (κ3) is 1.40. The van der Waals surface area contributed by atoms with Gasteiger partial charge in [0, 0.05) is 13.0 Å². The van der Waals surface area contributed by atoms with E-state index in [1.807, 2.05) is 13.8 Å². The van der Waals surface area contributed by atoms with Crippen molar-refractivity contribution in [1.82, 2.24) is 0 Å². The van der Waals surface area contributed by atoms with Crippen LogP contribution in [0.5, 0.6) is 0 Å². The van der Waals surface area contributed by atoms with E-state index in [0.717, 1.165) is 25.7 Å². The lowest BCUT2D eigenvalue weighted by atomic mass is 9.73. The maximum atomic E-state index is 11.8. The van der Waals surface area contributed by atoms with E-state index in [2.05, 4.69) is 0 Å². The van der Waals surface area contributed by atoms with Gasteiger partial charge in [-0.15, -0.1) is 0 Å². The Kier molecular flexibility index (Phi) is 2.89. The van der Waals surface area contributed by atoms with Crippen molar-refractivity contribution in [2.75, 3.05) is 7.11 Å². The number of hydrogen-bond donors (Lipinski definition) is 0. The molecule has 0 spiro atoms. The molecular formula is C10H18O2. The fourth-order valence-corrected chi connectivity index (χ4v) is 1.68. The van der Waals surface area contributed by atoms with Crippen LogP contribution in [-0.4, -0.2) is 18.5 Å². The number of methoxy groups -OCH3 is 1. The van der Waals surface area contributed by atoms with Crippen molar-refractivity contribution in [2.24, 2.45) is 5.92 Å². The molecule has 2 heteroatoms. The Morgan fingerprint density at radius 3 is 2.42 bits per heavy atom. The molecule has 0 radical (unpaired) electrons. The molecule has 1 atom stereocenters. The average molecular weight is 170 g/mol. The summed E-state index contributed by atoms with van der Waals surface area (Å²) in [5.74, 6) is 0.462. The van der Waals surface area contributed by atoms with Crippen LogP contribution in [0.1, 0.15) is 39.5 Å². The van der Waals surface area contributed by atoms with Crippen molar-refractivity contribution in [3.8, 4) is 0 Å². The van der Waals surface area contributed by atoms with Crippen LogP contribution in [0, 0.1) is 5.92 Å². The maximum absolute atomic E-state index is 11.8. The largest absolute Gasteiger partial charge is 0.370 e. The first-order valence-electron chi connectivity index (χ1n) is 4.75. The van der Waals surface area contributed by atoms with Crippen molar-refractivity contribution in [3.05, 3.63) is 0 Å². The van der Waals surface area contributed by atoms with Gasteiger partial charge in [0.2, 0.25) is 0 Å². The van der Waals surface area contributed by atoms with E-state index in [4.69, 9.17) is 4.74 Å². The number of ketones is 1.